The van der Waals surface area contributed by atoms with Crippen LogP contribution in [0.5, 0.6) is 0 Å². The van der Waals surface area contributed by atoms with Gasteiger partial charge in [-0.2, -0.15) is 4.99 Å². The van der Waals surface area contributed by atoms with Gasteiger partial charge in [-0.15, -0.1) is 11.3 Å². The number of anilines is 3. The van der Waals surface area contributed by atoms with E-state index in [-0.39, 0.29) is 11.7 Å². The number of nitrogens with two attached hydrogens (primary N) is 2. The van der Waals surface area contributed by atoms with Gasteiger partial charge >= 0.3 is 0 Å². The number of aliphatic imine (C=N–C) groups is 1. The molecule has 188 valence electrons. The van der Waals surface area contributed by atoms with Crippen LogP contribution in [0.25, 0.3) is 0 Å². The molecule has 1 fully saturated rings. The minimum Gasteiger partial charge on any atom is -0.390 e. The number of nitrogens with zero attached hydrogens (tertiary/aromatic N) is 4. The van der Waals surface area contributed by atoms with Crippen molar-refractivity contribution in [1.82, 2.24) is 10.3 Å². The van der Waals surface area contributed by atoms with Crippen LogP contribution in [0.4, 0.5) is 16.4 Å². The lowest BCUT2D eigenvalue weighted by Gasteiger charge is -2.34. The average molecular weight is 506 g/mol. The largest absolute Gasteiger partial charge is 0.390 e. The van der Waals surface area contributed by atoms with E-state index in [0.29, 0.717) is 27.5 Å². The smallest absolute Gasteiger partial charge is 0.279 e. The van der Waals surface area contributed by atoms with Crippen LogP contribution in [0.3, 0.4) is 0 Å². The molecule has 2 amide bonds. The van der Waals surface area contributed by atoms with E-state index in [1.807, 2.05) is 49.4 Å². The van der Waals surface area contributed by atoms with E-state index in [4.69, 9.17) is 11.5 Å². The number of nitrogens with one attached hydrogen (secondary N) is 1. The molecule has 0 bridgehead atoms. The molecule has 0 aliphatic carbocycles. The zero-order valence-corrected chi connectivity index (χ0v) is 21.3. The van der Waals surface area contributed by atoms with Crippen molar-refractivity contribution in [2.75, 3.05) is 55.4 Å². The van der Waals surface area contributed by atoms with E-state index in [2.05, 4.69) is 27.3 Å². The molecular weight excluding hydrogens is 474 g/mol. The summed E-state index contributed by atoms with van der Waals surface area (Å²) in [5, 5.41) is 2.06. The molecule has 0 atom stereocenters. The third-order valence-electron chi connectivity index (χ3n) is 6.09. The van der Waals surface area contributed by atoms with E-state index in [1.54, 1.807) is 23.2 Å². The summed E-state index contributed by atoms with van der Waals surface area (Å²) in [4.78, 5) is 34.6. The number of thiophene rings is 1. The van der Waals surface area contributed by atoms with E-state index >= 15 is 0 Å². The molecular formula is C26H31N7O2S. The minimum atomic E-state index is -0.463. The van der Waals surface area contributed by atoms with E-state index < -0.39 is 5.91 Å². The highest BCUT2D eigenvalue weighted by molar-refractivity contribution is 7.18. The van der Waals surface area contributed by atoms with Gasteiger partial charge in [-0.3, -0.25) is 20.0 Å². The molecule has 1 aliphatic heterocycles. The monoisotopic (exact) mass is 505 g/mol. The molecule has 0 radical (unpaired) electrons. The van der Waals surface area contributed by atoms with Crippen LogP contribution in [-0.4, -0.2) is 62.3 Å². The minimum absolute atomic E-state index is 0.0219. The van der Waals surface area contributed by atoms with Crippen LogP contribution in [0.15, 0.2) is 65.7 Å². The number of carbonyl (C=O) groups excluding carboxylic acids is 2. The summed E-state index contributed by atoms with van der Waals surface area (Å²) < 4.78 is 0. The van der Waals surface area contributed by atoms with Crippen LogP contribution >= 0.6 is 11.3 Å². The number of rotatable bonds is 7. The number of hydrazine groups is 1. The molecule has 36 heavy (non-hydrogen) atoms. The van der Waals surface area contributed by atoms with E-state index in [0.717, 1.165) is 48.9 Å². The highest BCUT2D eigenvalue weighted by Crippen LogP contribution is 2.26. The first kappa shape index (κ1) is 25.2. The quantitative estimate of drug-likeness (QED) is 0.257. The summed E-state index contributed by atoms with van der Waals surface area (Å²) in [5.41, 5.74) is 17.9. The number of para-hydroxylation sites is 1. The fraction of sp³-hybridized carbons (Fsp3) is 0.269. The summed E-state index contributed by atoms with van der Waals surface area (Å²) in [6.07, 6.45) is 0. The number of amidine groups is 1. The Morgan fingerprint density at radius 1 is 1.06 bits per heavy atom. The fourth-order valence-corrected chi connectivity index (χ4v) is 4.77. The maximum atomic E-state index is 12.8. The zero-order chi connectivity index (χ0) is 25.7. The molecule has 4 rings (SSSR count). The Bertz CT molecular complexity index is 1230. The van der Waals surface area contributed by atoms with Gasteiger partial charge in [-0.25, -0.2) is 0 Å². The van der Waals surface area contributed by atoms with Crippen molar-refractivity contribution in [3.63, 3.8) is 0 Å². The summed E-state index contributed by atoms with van der Waals surface area (Å²) in [6, 6.07) is 18.5. The van der Waals surface area contributed by atoms with Crippen molar-refractivity contribution < 1.29 is 9.59 Å². The molecule has 1 aliphatic rings. The molecule has 3 aromatic rings. The average Bonchev–Trinajstić information content (AvgIpc) is 3.30. The van der Waals surface area contributed by atoms with Crippen molar-refractivity contribution in [1.29, 1.82) is 0 Å². The first-order valence-corrected chi connectivity index (χ1v) is 12.6. The highest BCUT2D eigenvalue weighted by Gasteiger charge is 2.19. The molecule has 0 spiro atoms. The van der Waals surface area contributed by atoms with Crippen molar-refractivity contribution in [2.45, 2.75) is 6.92 Å². The number of nitrogen functional groups attached to an aromatic ring is 1. The van der Waals surface area contributed by atoms with Crippen LogP contribution in [0.2, 0.25) is 0 Å². The van der Waals surface area contributed by atoms with Crippen LogP contribution in [0.1, 0.15) is 32.5 Å². The molecule has 1 aromatic heterocycles. The third kappa shape index (κ3) is 5.84. The number of piperazine rings is 1. The molecule has 2 aromatic carbocycles. The van der Waals surface area contributed by atoms with Crippen molar-refractivity contribution in [2.24, 2.45) is 10.7 Å². The fourth-order valence-electron chi connectivity index (χ4n) is 3.94. The molecule has 10 heteroatoms. The standard InChI is InChI=1S/C26H31N7O2S/c1-3-33(20-7-5-4-6-8-20)30-26(35)22-17-21(24(28)36-22)23(27)29-25(34)18-9-11-19(12-10-18)32-15-13-31(2)14-16-32/h4-12,17H,3,13-16,28H2,1-2H3,(H,30,35)(H2,27,29,34). The van der Waals surface area contributed by atoms with Gasteiger partial charge in [0.2, 0.25) is 0 Å². The Kier molecular flexibility index (Phi) is 7.87. The number of carbonyl (C=O) groups is 2. The van der Waals surface area contributed by atoms with Crippen LogP contribution < -0.4 is 26.8 Å². The topological polar surface area (TPSA) is 120 Å². The molecule has 0 saturated carbocycles. The van der Waals surface area contributed by atoms with Gasteiger partial charge < -0.3 is 21.3 Å². The molecule has 1 saturated heterocycles. The Morgan fingerprint density at radius 2 is 1.72 bits per heavy atom. The second-order valence-electron chi connectivity index (χ2n) is 8.55. The first-order chi connectivity index (χ1) is 17.4. The first-order valence-electron chi connectivity index (χ1n) is 11.8. The van der Waals surface area contributed by atoms with Gasteiger partial charge in [0.15, 0.2) is 0 Å². The lowest BCUT2D eigenvalue weighted by molar-refractivity contribution is 0.0952. The Balaban J connectivity index is 1.44. The Morgan fingerprint density at radius 3 is 2.36 bits per heavy atom. The van der Waals surface area contributed by atoms with Gasteiger partial charge in [-0.05, 0) is 56.4 Å². The third-order valence-corrected chi connectivity index (χ3v) is 7.05. The lowest BCUT2D eigenvalue weighted by Crippen LogP contribution is -2.44. The molecule has 0 unspecified atom stereocenters. The van der Waals surface area contributed by atoms with Crippen LogP contribution in [-0.2, 0) is 0 Å². The zero-order valence-electron chi connectivity index (χ0n) is 20.5. The summed E-state index contributed by atoms with van der Waals surface area (Å²) >= 11 is 1.10. The van der Waals surface area contributed by atoms with Crippen molar-refractivity contribution >= 4 is 45.4 Å². The second kappa shape index (κ2) is 11.2. The van der Waals surface area contributed by atoms with Crippen molar-refractivity contribution in [3.8, 4) is 0 Å². The maximum absolute atomic E-state index is 12.8. The SMILES string of the molecule is CCN(NC(=O)c1cc(C(N)=NC(=O)c2ccc(N3CCN(C)CC3)cc2)c(N)s1)c1ccccc1. The van der Waals surface area contributed by atoms with Gasteiger partial charge in [0.05, 0.1) is 21.1 Å². The van der Waals surface area contributed by atoms with Gasteiger partial charge in [-0.1, -0.05) is 18.2 Å². The molecule has 2 heterocycles. The van der Waals surface area contributed by atoms with Gasteiger partial charge in [0, 0.05) is 44.0 Å². The Hall–Kier alpha value is -3.89. The Labute approximate surface area is 215 Å². The molecule has 5 N–H and O–H groups in total. The van der Waals surface area contributed by atoms with E-state index in [9.17, 15) is 9.59 Å². The summed E-state index contributed by atoms with van der Waals surface area (Å²) in [7, 11) is 2.11. The van der Waals surface area contributed by atoms with Gasteiger partial charge in [0.1, 0.15) is 5.84 Å². The summed E-state index contributed by atoms with van der Waals surface area (Å²) in [5.74, 6) is -0.802. The lowest BCUT2D eigenvalue weighted by atomic mass is 10.1. The van der Waals surface area contributed by atoms with Gasteiger partial charge in [0.25, 0.3) is 11.8 Å². The second-order valence-corrected chi connectivity index (χ2v) is 9.63. The highest BCUT2D eigenvalue weighted by atomic mass is 32.1. The van der Waals surface area contributed by atoms with Crippen molar-refractivity contribution in [3.05, 3.63) is 76.7 Å². The molecule has 9 nitrogen and oxygen atoms in total. The predicted molar refractivity (Wildman–Crippen MR) is 147 cm³/mol. The predicted octanol–water partition coefficient (Wildman–Crippen LogP) is 2.80. The van der Waals surface area contributed by atoms with Crippen LogP contribution in [0, 0.1) is 0 Å². The normalized spacial score (nSPS) is 14.5. The number of amides is 2. The summed E-state index contributed by atoms with van der Waals surface area (Å²) in [6.45, 7) is 6.43. The number of likely N-dealkylation sites (N-methyl/N-ethyl adjacent to an activating group) is 1. The number of hydrogen-bond donors (Lipinski definition) is 3. The number of benzene rings is 2. The maximum Gasteiger partial charge on any atom is 0.279 e. The number of hydrogen-bond acceptors (Lipinski definition) is 7. The van der Waals surface area contributed by atoms with E-state index in [1.165, 1.54) is 0 Å².